The fourth-order valence-corrected chi connectivity index (χ4v) is 2.55. The van der Waals surface area contributed by atoms with E-state index in [1.54, 1.807) is 30.5 Å². The molecule has 2 aromatic heterocycles. The second-order valence-corrected chi connectivity index (χ2v) is 4.84. The number of rotatable bonds is 1. The van der Waals surface area contributed by atoms with Crippen molar-refractivity contribution in [1.29, 1.82) is 0 Å². The lowest BCUT2D eigenvalue weighted by atomic mass is 10.1. The molecule has 2 heterocycles. The summed E-state index contributed by atoms with van der Waals surface area (Å²) in [6, 6.07) is 14.2. The van der Waals surface area contributed by atoms with E-state index in [1.165, 1.54) is 0 Å². The van der Waals surface area contributed by atoms with Crippen molar-refractivity contribution in [3.63, 3.8) is 0 Å². The Morgan fingerprint density at radius 3 is 2.67 bits per heavy atom. The number of pyridine rings is 1. The molecule has 102 valence electrons. The van der Waals surface area contributed by atoms with E-state index in [0.29, 0.717) is 16.9 Å². The molecular formula is C17H11NO3. The van der Waals surface area contributed by atoms with Gasteiger partial charge in [-0.05, 0) is 30.3 Å². The minimum atomic E-state index is 0.111. The van der Waals surface area contributed by atoms with Crippen molar-refractivity contribution in [2.75, 3.05) is 0 Å². The van der Waals surface area contributed by atoms with E-state index in [2.05, 4.69) is 4.98 Å². The lowest BCUT2D eigenvalue weighted by Gasteiger charge is -2.04. The molecule has 0 radical (unpaired) electrons. The van der Waals surface area contributed by atoms with Crippen molar-refractivity contribution >= 4 is 21.9 Å². The number of phenols is 2. The topological polar surface area (TPSA) is 66.5 Å². The van der Waals surface area contributed by atoms with E-state index < -0.39 is 0 Å². The third kappa shape index (κ3) is 1.73. The molecule has 0 aliphatic heterocycles. The Balaban J connectivity index is 2.05. The number of phenolic OH excluding ortho intramolecular Hbond substituents is 2. The maximum absolute atomic E-state index is 9.89. The second kappa shape index (κ2) is 4.24. The van der Waals surface area contributed by atoms with Gasteiger partial charge >= 0.3 is 0 Å². The molecule has 4 rings (SSSR count). The highest BCUT2D eigenvalue weighted by Crippen LogP contribution is 2.37. The largest absolute Gasteiger partial charge is 0.506 e. The van der Waals surface area contributed by atoms with Gasteiger partial charge in [-0.3, -0.25) is 4.98 Å². The van der Waals surface area contributed by atoms with Crippen LogP contribution in [0, 0.1) is 0 Å². The monoisotopic (exact) mass is 277 g/mol. The van der Waals surface area contributed by atoms with Crippen LogP contribution in [0.1, 0.15) is 0 Å². The second-order valence-electron chi connectivity index (χ2n) is 4.84. The van der Waals surface area contributed by atoms with Crippen LogP contribution in [0.4, 0.5) is 0 Å². The normalized spacial score (nSPS) is 11.2. The first-order valence-electron chi connectivity index (χ1n) is 6.52. The van der Waals surface area contributed by atoms with Gasteiger partial charge in [0.2, 0.25) is 0 Å². The minimum absolute atomic E-state index is 0.111. The number of benzene rings is 2. The third-order valence-electron chi connectivity index (χ3n) is 3.54. The van der Waals surface area contributed by atoms with Crippen molar-refractivity contribution in [1.82, 2.24) is 4.98 Å². The van der Waals surface area contributed by atoms with Crippen LogP contribution in [-0.2, 0) is 0 Å². The Labute approximate surface area is 119 Å². The molecule has 0 aliphatic carbocycles. The summed E-state index contributed by atoms with van der Waals surface area (Å²) in [7, 11) is 0. The molecule has 0 atom stereocenters. The predicted octanol–water partition coefficient (Wildman–Crippen LogP) is 4.06. The number of hydrogen-bond acceptors (Lipinski definition) is 4. The number of aromatic hydroxyl groups is 2. The predicted molar refractivity (Wildman–Crippen MR) is 80.3 cm³/mol. The number of aromatic nitrogens is 1. The van der Waals surface area contributed by atoms with Gasteiger partial charge in [0, 0.05) is 22.5 Å². The zero-order valence-corrected chi connectivity index (χ0v) is 10.9. The van der Waals surface area contributed by atoms with Crippen molar-refractivity contribution in [2.24, 2.45) is 0 Å². The maximum Gasteiger partial charge on any atom is 0.176 e. The van der Waals surface area contributed by atoms with Crippen LogP contribution in [0.5, 0.6) is 11.5 Å². The smallest absolute Gasteiger partial charge is 0.176 e. The summed E-state index contributed by atoms with van der Waals surface area (Å²) in [6.45, 7) is 0. The maximum atomic E-state index is 9.89. The first-order chi connectivity index (χ1) is 10.2. The first kappa shape index (κ1) is 11.8. The average Bonchev–Trinajstić information content (AvgIpc) is 2.93. The summed E-state index contributed by atoms with van der Waals surface area (Å²) in [6.07, 6.45) is 1.64. The highest BCUT2D eigenvalue weighted by molar-refractivity contribution is 5.98. The quantitative estimate of drug-likeness (QED) is 0.550. The summed E-state index contributed by atoms with van der Waals surface area (Å²) < 4.78 is 5.77. The summed E-state index contributed by atoms with van der Waals surface area (Å²) in [5.74, 6) is 0.873. The first-order valence-corrected chi connectivity index (χ1v) is 6.52. The lowest BCUT2D eigenvalue weighted by Crippen LogP contribution is -1.82. The average molecular weight is 277 g/mol. The highest BCUT2D eigenvalue weighted by atomic mass is 16.4. The van der Waals surface area contributed by atoms with Crippen molar-refractivity contribution in [2.45, 2.75) is 0 Å². The van der Waals surface area contributed by atoms with E-state index >= 15 is 0 Å². The van der Waals surface area contributed by atoms with Gasteiger partial charge in [-0.25, -0.2) is 0 Å². The Bertz CT molecular complexity index is 972. The van der Waals surface area contributed by atoms with Gasteiger partial charge in [-0.1, -0.05) is 18.2 Å². The van der Waals surface area contributed by atoms with Gasteiger partial charge in [0.25, 0.3) is 0 Å². The van der Waals surface area contributed by atoms with Crippen LogP contribution in [0.15, 0.2) is 59.1 Å². The van der Waals surface area contributed by atoms with Gasteiger partial charge in [0.05, 0.1) is 0 Å². The number of nitrogens with zero attached hydrogens (tertiary/aromatic N) is 1. The molecule has 0 saturated heterocycles. The van der Waals surface area contributed by atoms with Gasteiger partial charge in [0.1, 0.15) is 17.0 Å². The van der Waals surface area contributed by atoms with Crippen LogP contribution < -0.4 is 0 Å². The minimum Gasteiger partial charge on any atom is -0.506 e. The SMILES string of the molecule is Oc1ccc(-c2cc3cccc(O)c3o2)c2cccnc12. The van der Waals surface area contributed by atoms with Crippen molar-refractivity contribution in [3.8, 4) is 22.8 Å². The Hall–Kier alpha value is -3.01. The molecule has 21 heavy (non-hydrogen) atoms. The Morgan fingerprint density at radius 1 is 0.905 bits per heavy atom. The molecule has 2 N–H and O–H groups in total. The molecule has 0 amide bonds. The highest BCUT2D eigenvalue weighted by Gasteiger charge is 2.13. The summed E-state index contributed by atoms with van der Waals surface area (Å²) >= 11 is 0. The molecule has 0 aliphatic rings. The van der Waals surface area contributed by atoms with Crippen LogP contribution in [-0.4, -0.2) is 15.2 Å². The van der Waals surface area contributed by atoms with Crippen LogP contribution in [0.25, 0.3) is 33.2 Å². The Kier molecular flexibility index (Phi) is 2.38. The lowest BCUT2D eigenvalue weighted by molar-refractivity contribution is 0.466. The van der Waals surface area contributed by atoms with Gasteiger partial charge < -0.3 is 14.6 Å². The number of fused-ring (bicyclic) bond motifs is 2. The van der Waals surface area contributed by atoms with E-state index in [-0.39, 0.29) is 11.5 Å². The van der Waals surface area contributed by atoms with Crippen LogP contribution in [0.3, 0.4) is 0 Å². The van der Waals surface area contributed by atoms with E-state index in [9.17, 15) is 10.2 Å². The molecule has 0 saturated carbocycles. The van der Waals surface area contributed by atoms with Crippen molar-refractivity contribution in [3.05, 3.63) is 54.7 Å². The zero-order valence-electron chi connectivity index (χ0n) is 10.9. The van der Waals surface area contributed by atoms with Gasteiger partial charge in [0.15, 0.2) is 11.3 Å². The van der Waals surface area contributed by atoms with Gasteiger partial charge in [-0.2, -0.15) is 0 Å². The van der Waals surface area contributed by atoms with E-state index in [1.807, 2.05) is 24.3 Å². The molecule has 4 nitrogen and oxygen atoms in total. The third-order valence-corrected chi connectivity index (χ3v) is 3.54. The van der Waals surface area contributed by atoms with Crippen LogP contribution >= 0.6 is 0 Å². The van der Waals surface area contributed by atoms with E-state index in [0.717, 1.165) is 16.3 Å². The molecule has 0 unspecified atom stereocenters. The molecule has 0 fully saturated rings. The summed E-state index contributed by atoms with van der Waals surface area (Å²) in [4.78, 5) is 4.20. The van der Waals surface area contributed by atoms with E-state index in [4.69, 9.17) is 4.42 Å². The molecule has 2 aromatic carbocycles. The zero-order chi connectivity index (χ0) is 14.4. The van der Waals surface area contributed by atoms with Crippen molar-refractivity contribution < 1.29 is 14.6 Å². The summed E-state index contributed by atoms with van der Waals surface area (Å²) in [5.41, 5.74) is 1.81. The number of hydrogen-bond donors (Lipinski definition) is 2. The van der Waals surface area contributed by atoms with Gasteiger partial charge in [-0.15, -0.1) is 0 Å². The standard InChI is InChI=1S/C17H11NO3/c19-13-7-6-11(12-4-2-8-18-16(12)13)15-9-10-3-1-5-14(20)17(10)21-15/h1-9,19-20H. The molecule has 0 bridgehead atoms. The summed E-state index contributed by atoms with van der Waals surface area (Å²) in [5, 5.41) is 21.4. The number of furan rings is 1. The fourth-order valence-electron chi connectivity index (χ4n) is 2.55. The molecular weight excluding hydrogens is 266 g/mol. The number of para-hydroxylation sites is 1. The fraction of sp³-hybridized carbons (Fsp3) is 0. The Morgan fingerprint density at radius 2 is 1.81 bits per heavy atom. The molecule has 4 aromatic rings. The molecule has 0 spiro atoms. The van der Waals surface area contributed by atoms with Crippen LogP contribution in [0.2, 0.25) is 0 Å². The molecule has 4 heteroatoms.